The van der Waals surface area contributed by atoms with Gasteiger partial charge >= 0.3 is 14.2 Å². The van der Waals surface area contributed by atoms with Gasteiger partial charge < -0.3 is 23.2 Å². The zero-order chi connectivity index (χ0) is 27.5. The van der Waals surface area contributed by atoms with E-state index in [1.807, 2.05) is 6.07 Å². The Balaban J connectivity index is 1.82. The Kier molecular flexibility index (Phi) is 6.80. The Morgan fingerprint density at radius 3 is 1.84 bits per heavy atom. The molecule has 1 fully saturated rings. The van der Waals surface area contributed by atoms with Crippen molar-refractivity contribution in [1.82, 2.24) is 4.57 Å². The van der Waals surface area contributed by atoms with Crippen molar-refractivity contribution in [3.8, 4) is 5.69 Å². The molecule has 1 saturated heterocycles. The molecule has 0 N–H and O–H groups in total. The molecular formula is C31H39B2NO4. The SMILES string of the molecule is COB(OC(C)(C)C(C)C)c1cccc(B2OC(C)(C)C(C)(C)O2)c1-n1c2ccccc2c2ccccc21. The average molecular weight is 511 g/mol. The number of hydrogen-bond acceptors (Lipinski definition) is 4. The van der Waals surface area contributed by atoms with Crippen LogP contribution in [0, 0.1) is 5.92 Å². The van der Waals surface area contributed by atoms with Gasteiger partial charge in [0.05, 0.1) is 27.8 Å². The van der Waals surface area contributed by atoms with Crippen molar-refractivity contribution in [3.05, 3.63) is 66.7 Å². The number of benzene rings is 3. The molecule has 1 aromatic heterocycles. The summed E-state index contributed by atoms with van der Waals surface area (Å²) in [6.45, 7) is 16.9. The second-order valence-corrected chi connectivity index (χ2v) is 12.2. The van der Waals surface area contributed by atoms with Gasteiger partial charge in [-0.3, -0.25) is 0 Å². The summed E-state index contributed by atoms with van der Waals surface area (Å²) < 4.78 is 28.3. The molecule has 4 aromatic rings. The van der Waals surface area contributed by atoms with Crippen molar-refractivity contribution in [3.63, 3.8) is 0 Å². The van der Waals surface area contributed by atoms with E-state index < -0.39 is 31.0 Å². The molecule has 0 aliphatic carbocycles. The molecule has 5 rings (SSSR count). The van der Waals surface area contributed by atoms with E-state index in [1.54, 1.807) is 7.11 Å². The van der Waals surface area contributed by atoms with Crippen LogP contribution in [0.3, 0.4) is 0 Å². The lowest BCUT2D eigenvalue weighted by atomic mass is 9.69. The number of nitrogens with zero attached hydrogens (tertiary/aromatic N) is 1. The van der Waals surface area contributed by atoms with Crippen LogP contribution in [0.4, 0.5) is 0 Å². The van der Waals surface area contributed by atoms with Gasteiger partial charge in [0.25, 0.3) is 0 Å². The van der Waals surface area contributed by atoms with E-state index in [0.717, 1.165) is 27.6 Å². The number of hydrogen-bond donors (Lipinski definition) is 0. The third kappa shape index (κ3) is 4.40. The highest BCUT2D eigenvalue weighted by Crippen LogP contribution is 2.38. The van der Waals surface area contributed by atoms with Crippen molar-refractivity contribution in [2.24, 2.45) is 5.92 Å². The Morgan fingerprint density at radius 1 is 0.816 bits per heavy atom. The quantitative estimate of drug-likeness (QED) is 0.291. The van der Waals surface area contributed by atoms with Crippen LogP contribution >= 0.6 is 0 Å². The molecule has 0 radical (unpaired) electrons. The van der Waals surface area contributed by atoms with Crippen LogP contribution < -0.4 is 10.9 Å². The molecule has 0 saturated carbocycles. The lowest BCUT2D eigenvalue weighted by Gasteiger charge is -2.33. The van der Waals surface area contributed by atoms with Crippen molar-refractivity contribution >= 4 is 47.0 Å². The number of rotatable bonds is 7. The van der Waals surface area contributed by atoms with Crippen LogP contribution in [-0.4, -0.2) is 42.7 Å². The van der Waals surface area contributed by atoms with Gasteiger partial charge in [0.15, 0.2) is 0 Å². The summed E-state index contributed by atoms with van der Waals surface area (Å²) in [5.74, 6) is 0.295. The summed E-state index contributed by atoms with van der Waals surface area (Å²) in [5, 5.41) is 2.38. The molecule has 0 atom stereocenters. The van der Waals surface area contributed by atoms with E-state index in [-0.39, 0.29) is 0 Å². The number of aromatic nitrogens is 1. The molecule has 0 bridgehead atoms. The molecule has 38 heavy (non-hydrogen) atoms. The molecule has 1 aliphatic rings. The van der Waals surface area contributed by atoms with Gasteiger partial charge in [-0.2, -0.15) is 0 Å². The Labute approximate surface area is 227 Å². The lowest BCUT2D eigenvalue weighted by molar-refractivity contribution is 0.00578. The van der Waals surface area contributed by atoms with Crippen LogP contribution in [0.1, 0.15) is 55.4 Å². The minimum Gasteiger partial charge on any atom is -0.410 e. The zero-order valence-electron chi connectivity index (χ0n) is 24.2. The van der Waals surface area contributed by atoms with E-state index in [2.05, 4.69) is 121 Å². The Hall–Kier alpha value is -2.57. The van der Waals surface area contributed by atoms with Crippen molar-refractivity contribution in [2.45, 2.75) is 72.2 Å². The lowest BCUT2D eigenvalue weighted by Crippen LogP contribution is -2.50. The maximum Gasteiger partial charge on any atom is 0.496 e. The van der Waals surface area contributed by atoms with Crippen LogP contribution in [0.2, 0.25) is 0 Å². The molecule has 0 amide bonds. The van der Waals surface area contributed by atoms with Crippen LogP contribution in [0.25, 0.3) is 27.5 Å². The molecule has 3 aromatic carbocycles. The maximum absolute atomic E-state index is 6.68. The largest absolute Gasteiger partial charge is 0.496 e. The van der Waals surface area contributed by atoms with Gasteiger partial charge in [-0.05, 0) is 59.6 Å². The maximum atomic E-state index is 6.68. The summed E-state index contributed by atoms with van der Waals surface area (Å²) in [4.78, 5) is 0. The van der Waals surface area contributed by atoms with Crippen LogP contribution in [0.5, 0.6) is 0 Å². The predicted octanol–water partition coefficient (Wildman–Crippen LogP) is 5.88. The Bertz CT molecular complexity index is 1400. The molecule has 7 heteroatoms. The van der Waals surface area contributed by atoms with Gasteiger partial charge in [0.1, 0.15) is 0 Å². The first-order chi connectivity index (χ1) is 17.9. The fraction of sp³-hybridized carbons (Fsp3) is 0.419. The molecule has 0 unspecified atom stereocenters. The van der Waals surface area contributed by atoms with Crippen molar-refractivity contribution < 1.29 is 18.6 Å². The first-order valence-electron chi connectivity index (χ1n) is 13.6. The second kappa shape index (κ2) is 9.56. The minimum atomic E-state index is -0.593. The summed E-state index contributed by atoms with van der Waals surface area (Å²) in [7, 11) is 0.563. The van der Waals surface area contributed by atoms with Crippen molar-refractivity contribution in [2.75, 3.05) is 7.11 Å². The molecule has 2 heterocycles. The average Bonchev–Trinajstić information content (AvgIpc) is 3.31. The topological polar surface area (TPSA) is 41.9 Å². The Morgan fingerprint density at radius 2 is 1.34 bits per heavy atom. The number of para-hydroxylation sites is 3. The van der Waals surface area contributed by atoms with Crippen LogP contribution in [0.15, 0.2) is 66.7 Å². The third-order valence-corrected chi connectivity index (χ3v) is 8.68. The van der Waals surface area contributed by atoms with Crippen LogP contribution in [-0.2, 0) is 18.6 Å². The fourth-order valence-electron chi connectivity index (χ4n) is 5.00. The highest BCUT2D eigenvalue weighted by atomic mass is 16.7. The fourth-order valence-corrected chi connectivity index (χ4v) is 5.00. The van der Waals surface area contributed by atoms with E-state index in [4.69, 9.17) is 18.6 Å². The molecule has 0 spiro atoms. The predicted molar refractivity (Wildman–Crippen MR) is 159 cm³/mol. The first kappa shape index (κ1) is 27.0. The van der Waals surface area contributed by atoms with Gasteiger partial charge in [-0.25, -0.2) is 0 Å². The summed E-state index contributed by atoms with van der Waals surface area (Å²) in [5.41, 5.74) is 3.72. The summed E-state index contributed by atoms with van der Waals surface area (Å²) >= 11 is 0. The van der Waals surface area contributed by atoms with Gasteiger partial charge in [0, 0.05) is 34.5 Å². The molecular weight excluding hydrogens is 472 g/mol. The van der Waals surface area contributed by atoms with Gasteiger partial charge in [-0.1, -0.05) is 68.4 Å². The van der Waals surface area contributed by atoms with E-state index in [1.165, 1.54) is 10.8 Å². The molecule has 1 aliphatic heterocycles. The van der Waals surface area contributed by atoms with Gasteiger partial charge in [-0.15, -0.1) is 0 Å². The second-order valence-electron chi connectivity index (χ2n) is 12.2. The standard InChI is InChI=1S/C31H39B2NO4/c1-21(2)29(3,4)36-32(35-9)24-17-14-18-25(33-37-30(5,6)31(7,8)38-33)28(24)34-26-19-12-10-15-22(26)23-16-11-13-20-27(23)34/h10-21H,1-9H3. The van der Waals surface area contributed by atoms with Crippen molar-refractivity contribution in [1.29, 1.82) is 0 Å². The molecule has 5 nitrogen and oxygen atoms in total. The third-order valence-electron chi connectivity index (χ3n) is 8.68. The smallest absolute Gasteiger partial charge is 0.410 e. The van der Waals surface area contributed by atoms with E-state index in [0.29, 0.717) is 5.92 Å². The number of fused-ring (bicyclic) bond motifs is 3. The first-order valence-corrected chi connectivity index (χ1v) is 13.6. The highest BCUT2D eigenvalue weighted by molar-refractivity contribution is 6.68. The summed E-state index contributed by atoms with van der Waals surface area (Å²) in [6.07, 6.45) is 0. The van der Waals surface area contributed by atoms with Gasteiger partial charge in [0.2, 0.25) is 0 Å². The highest BCUT2D eigenvalue weighted by Gasteiger charge is 2.53. The zero-order valence-corrected chi connectivity index (χ0v) is 24.2. The van der Waals surface area contributed by atoms with E-state index >= 15 is 0 Å². The monoisotopic (exact) mass is 511 g/mol. The van der Waals surface area contributed by atoms with E-state index in [9.17, 15) is 0 Å². The normalized spacial score (nSPS) is 17.2. The molecule has 198 valence electrons. The minimum absolute atomic E-state index is 0.295. The summed E-state index contributed by atoms with van der Waals surface area (Å²) in [6, 6.07) is 23.3.